The van der Waals surface area contributed by atoms with Gasteiger partial charge in [-0.3, -0.25) is 14.3 Å². The molecule has 1 saturated heterocycles. The Balaban J connectivity index is 1.74. The van der Waals surface area contributed by atoms with Crippen molar-refractivity contribution in [1.29, 1.82) is 0 Å². The lowest BCUT2D eigenvalue weighted by Gasteiger charge is -2.34. The van der Waals surface area contributed by atoms with Crippen molar-refractivity contribution in [3.05, 3.63) is 48.2 Å². The number of ether oxygens (including phenoxy) is 1. The number of morpholine rings is 1. The third-order valence-corrected chi connectivity index (χ3v) is 3.66. The first-order valence-electron chi connectivity index (χ1n) is 7.35. The average molecular weight is 314 g/mol. The van der Waals surface area contributed by atoms with Gasteiger partial charge in [0.25, 0.3) is 5.91 Å². The fraction of sp³-hybridized carbons (Fsp3) is 0.312. The number of nitrogens with zero attached hydrogens (tertiary/aromatic N) is 3. The normalized spacial score (nSPS) is 18.0. The Morgan fingerprint density at radius 3 is 2.83 bits per heavy atom. The molecular weight excluding hydrogens is 296 g/mol. The van der Waals surface area contributed by atoms with Crippen LogP contribution in [0.1, 0.15) is 5.56 Å². The molecule has 1 unspecified atom stereocenters. The Morgan fingerprint density at radius 2 is 2.13 bits per heavy atom. The van der Waals surface area contributed by atoms with Crippen molar-refractivity contribution in [3.63, 3.8) is 0 Å². The summed E-state index contributed by atoms with van der Waals surface area (Å²) in [7, 11) is 1.77. The molecule has 0 saturated carbocycles. The van der Waals surface area contributed by atoms with Gasteiger partial charge in [-0.15, -0.1) is 0 Å². The molecule has 1 aromatic carbocycles. The minimum absolute atomic E-state index is 0.000199. The summed E-state index contributed by atoms with van der Waals surface area (Å²) in [5, 5.41) is 6.84. The van der Waals surface area contributed by atoms with E-state index in [1.54, 1.807) is 28.9 Å². The predicted octanol–water partition coefficient (Wildman–Crippen LogP) is 0.786. The SMILES string of the molecule is Cn1ccc(NC(=O)C2COCC(=O)N2Cc2ccccc2)n1. The summed E-state index contributed by atoms with van der Waals surface area (Å²) >= 11 is 0. The zero-order valence-electron chi connectivity index (χ0n) is 12.8. The first-order chi connectivity index (χ1) is 11.1. The molecule has 1 N–H and O–H groups in total. The first-order valence-corrected chi connectivity index (χ1v) is 7.35. The second-order valence-corrected chi connectivity index (χ2v) is 5.40. The van der Waals surface area contributed by atoms with Gasteiger partial charge in [-0.25, -0.2) is 0 Å². The average Bonchev–Trinajstić information content (AvgIpc) is 2.95. The van der Waals surface area contributed by atoms with Crippen LogP contribution in [0.15, 0.2) is 42.6 Å². The van der Waals surface area contributed by atoms with Gasteiger partial charge >= 0.3 is 0 Å². The molecule has 1 fully saturated rings. The molecule has 0 radical (unpaired) electrons. The molecule has 7 nitrogen and oxygen atoms in total. The van der Waals surface area contributed by atoms with Gasteiger partial charge < -0.3 is 15.0 Å². The summed E-state index contributed by atoms with van der Waals surface area (Å²) in [6.07, 6.45) is 1.74. The Morgan fingerprint density at radius 1 is 1.35 bits per heavy atom. The van der Waals surface area contributed by atoms with Crippen LogP contribution in [0.25, 0.3) is 0 Å². The minimum atomic E-state index is -0.668. The van der Waals surface area contributed by atoms with E-state index in [1.807, 2.05) is 30.3 Å². The number of aryl methyl sites for hydroxylation is 1. The van der Waals surface area contributed by atoms with E-state index in [9.17, 15) is 9.59 Å². The molecule has 120 valence electrons. The van der Waals surface area contributed by atoms with E-state index in [-0.39, 0.29) is 25.0 Å². The lowest BCUT2D eigenvalue weighted by atomic mass is 10.1. The Labute approximate surface area is 133 Å². The van der Waals surface area contributed by atoms with Crippen molar-refractivity contribution >= 4 is 17.6 Å². The third-order valence-electron chi connectivity index (χ3n) is 3.66. The van der Waals surface area contributed by atoms with Crippen LogP contribution < -0.4 is 5.32 Å². The summed E-state index contributed by atoms with van der Waals surface area (Å²) < 4.78 is 6.85. The highest BCUT2D eigenvalue weighted by atomic mass is 16.5. The smallest absolute Gasteiger partial charge is 0.250 e. The molecule has 7 heteroatoms. The molecule has 2 amide bonds. The summed E-state index contributed by atoms with van der Waals surface area (Å²) in [4.78, 5) is 26.2. The van der Waals surface area contributed by atoms with Gasteiger partial charge in [0.15, 0.2) is 5.82 Å². The van der Waals surface area contributed by atoms with Crippen molar-refractivity contribution in [2.45, 2.75) is 12.6 Å². The number of hydrogen-bond acceptors (Lipinski definition) is 4. The van der Waals surface area contributed by atoms with Gasteiger partial charge in [-0.2, -0.15) is 5.10 Å². The number of carbonyl (C=O) groups is 2. The maximum absolute atomic E-state index is 12.5. The van der Waals surface area contributed by atoms with Gasteiger partial charge in [0.2, 0.25) is 5.91 Å². The van der Waals surface area contributed by atoms with E-state index in [4.69, 9.17) is 4.74 Å². The summed E-state index contributed by atoms with van der Waals surface area (Å²) in [6, 6.07) is 10.6. The standard InChI is InChI=1S/C16H18N4O3/c1-19-8-7-14(18-19)17-16(22)13-10-23-11-15(21)20(13)9-12-5-3-2-4-6-12/h2-8,13H,9-11H2,1H3,(H,17,18,22). The molecule has 1 atom stereocenters. The first kappa shape index (κ1) is 15.2. The van der Waals surface area contributed by atoms with E-state index in [0.717, 1.165) is 5.56 Å². The zero-order valence-corrected chi connectivity index (χ0v) is 12.8. The van der Waals surface area contributed by atoms with Gasteiger partial charge in [0, 0.05) is 25.9 Å². The highest BCUT2D eigenvalue weighted by Crippen LogP contribution is 2.15. The summed E-state index contributed by atoms with van der Waals surface area (Å²) in [5.41, 5.74) is 0.971. The number of carbonyl (C=O) groups excluding carboxylic acids is 2. The van der Waals surface area contributed by atoms with Crippen molar-refractivity contribution in [1.82, 2.24) is 14.7 Å². The number of aromatic nitrogens is 2. The van der Waals surface area contributed by atoms with Crippen LogP contribution in [-0.4, -0.2) is 45.8 Å². The number of benzene rings is 1. The molecule has 0 bridgehead atoms. The molecule has 1 aliphatic rings. The molecule has 1 aromatic heterocycles. The zero-order chi connectivity index (χ0) is 16.2. The predicted molar refractivity (Wildman–Crippen MR) is 83.4 cm³/mol. The molecule has 3 rings (SSSR count). The van der Waals surface area contributed by atoms with Gasteiger partial charge in [-0.1, -0.05) is 30.3 Å². The summed E-state index contributed by atoms with van der Waals surface area (Å²) in [5.74, 6) is -0.0378. The van der Waals surface area contributed by atoms with Crippen LogP contribution in [-0.2, 0) is 27.9 Å². The second-order valence-electron chi connectivity index (χ2n) is 5.40. The lowest BCUT2D eigenvalue weighted by Crippen LogP contribution is -2.54. The number of rotatable bonds is 4. The molecule has 23 heavy (non-hydrogen) atoms. The summed E-state index contributed by atoms with van der Waals surface area (Å²) in [6.45, 7) is 0.556. The van der Waals surface area contributed by atoms with Crippen molar-refractivity contribution < 1.29 is 14.3 Å². The Bertz CT molecular complexity index is 698. The second kappa shape index (κ2) is 6.62. The van der Waals surface area contributed by atoms with Crippen LogP contribution >= 0.6 is 0 Å². The molecule has 0 spiro atoms. The lowest BCUT2D eigenvalue weighted by molar-refractivity contribution is -0.154. The largest absolute Gasteiger partial charge is 0.369 e. The highest BCUT2D eigenvalue weighted by Gasteiger charge is 2.34. The molecule has 2 aromatic rings. The van der Waals surface area contributed by atoms with E-state index in [1.165, 1.54) is 0 Å². The minimum Gasteiger partial charge on any atom is -0.369 e. The van der Waals surface area contributed by atoms with Gasteiger partial charge in [0.05, 0.1) is 6.61 Å². The van der Waals surface area contributed by atoms with Crippen LogP contribution in [0.5, 0.6) is 0 Å². The van der Waals surface area contributed by atoms with Crippen molar-refractivity contribution in [2.24, 2.45) is 7.05 Å². The van der Waals surface area contributed by atoms with Crippen molar-refractivity contribution in [2.75, 3.05) is 18.5 Å². The van der Waals surface area contributed by atoms with Crippen LogP contribution in [0.3, 0.4) is 0 Å². The third kappa shape index (κ3) is 3.57. The molecule has 1 aliphatic heterocycles. The fourth-order valence-electron chi connectivity index (χ4n) is 2.49. The quantitative estimate of drug-likeness (QED) is 0.905. The van der Waals surface area contributed by atoms with E-state index in [0.29, 0.717) is 12.4 Å². The van der Waals surface area contributed by atoms with Gasteiger partial charge in [0.1, 0.15) is 12.6 Å². The monoisotopic (exact) mass is 314 g/mol. The van der Waals surface area contributed by atoms with Crippen LogP contribution in [0, 0.1) is 0 Å². The number of amides is 2. The number of anilines is 1. The molecular formula is C16H18N4O3. The molecule has 2 heterocycles. The van der Waals surface area contributed by atoms with Crippen molar-refractivity contribution in [3.8, 4) is 0 Å². The number of nitrogens with one attached hydrogen (secondary N) is 1. The number of hydrogen-bond donors (Lipinski definition) is 1. The topological polar surface area (TPSA) is 76.5 Å². The maximum atomic E-state index is 12.5. The van der Waals surface area contributed by atoms with Crippen LogP contribution in [0.2, 0.25) is 0 Å². The Hall–Kier alpha value is -2.67. The van der Waals surface area contributed by atoms with Crippen LogP contribution in [0.4, 0.5) is 5.82 Å². The van der Waals surface area contributed by atoms with E-state index >= 15 is 0 Å². The van der Waals surface area contributed by atoms with E-state index in [2.05, 4.69) is 10.4 Å². The van der Waals surface area contributed by atoms with E-state index < -0.39 is 6.04 Å². The Kier molecular flexibility index (Phi) is 4.38. The fourth-order valence-corrected chi connectivity index (χ4v) is 2.49. The molecule has 0 aliphatic carbocycles. The highest BCUT2D eigenvalue weighted by molar-refractivity contribution is 5.97. The van der Waals surface area contributed by atoms with Gasteiger partial charge in [-0.05, 0) is 5.56 Å². The maximum Gasteiger partial charge on any atom is 0.250 e.